The normalized spacial score (nSPS) is 21.2. The third-order valence-electron chi connectivity index (χ3n) is 3.95. The fourth-order valence-electron chi connectivity index (χ4n) is 2.94. The van der Waals surface area contributed by atoms with Gasteiger partial charge in [-0.3, -0.25) is 4.79 Å². The van der Waals surface area contributed by atoms with E-state index in [2.05, 4.69) is 0 Å². The summed E-state index contributed by atoms with van der Waals surface area (Å²) >= 11 is 0. The van der Waals surface area contributed by atoms with E-state index in [1.807, 2.05) is 48.5 Å². The molecule has 0 saturated carbocycles. The number of aliphatic carboxylic acids is 1. The summed E-state index contributed by atoms with van der Waals surface area (Å²) in [6.45, 7) is 0. The van der Waals surface area contributed by atoms with Gasteiger partial charge >= 0.3 is 5.97 Å². The Labute approximate surface area is 118 Å². The lowest BCUT2D eigenvalue weighted by molar-refractivity contribution is -0.139. The minimum Gasteiger partial charge on any atom is -0.481 e. The molecule has 1 aliphatic carbocycles. The van der Waals surface area contributed by atoms with Gasteiger partial charge in [0.15, 0.2) is 0 Å². The second-order valence-corrected chi connectivity index (χ2v) is 5.37. The molecular weight excluding hydrogens is 250 g/mol. The van der Waals surface area contributed by atoms with Crippen molar-refractivity contribution in [3.63, 3.8) is 0 Å². The van der Waals surface area contributed by atoms with Crippen LogP contribution >= 0.6 is 0 Å². The van der Waals surface area contributed by atoms with E-state index in [1.54, 1.807) is 0 Å². The first-order valence-electron chi connectivity index (χ1n) is 6.82. The van der Waals surface area contributed by atoms with Crippen LogP contribution in [0, 0.1) is 0 Å². The van der Waals surface area contributed by atoms with Gasteiger partial charge in [0.25, 0.3) is 0 Å². The molecule has 0 fully saturated rings. The molecule has 1 aliphatic rings. The fraction of sp³-hybridized carbons (Fsp3) is 0.235. The molecule has 102 valence electrons. The highest BCUT2D eigenvalue weighted by Crippen LogP contribution is 2.34. The summed E-state index contributed by atoms with van der Waals surface area (Å²) in [7, 11) is 0. The highest BCUT2D eigenvalue weighted by molar-refractivity contribution is 5.78. The molecule has 2 aromatic carbocycles. The third-order valence-corrected chi connectivity index (χ3v) is 3.95. The number of rotatable bonds is 2. The Morgan fingerprint density at radius 1 is 1.10 bits per heavy atom. The Bertz CT molecular complexity index is 637. The zero-order valence-electron chi connectivity index (χ0n) is 11.1. The van der Waals surface area contributed by atoms with Crippen LogP contribution in [0.5, 0.6) is 0 Å². The summed E-state index contributed by atoms with van der Waals surface area (Å²) in [6, 6.07) is 16.0. The molecule has 0 aliphatic heterocycles. The lowest BCUT2D eigenvalue weighted by atomic mass is 9.79. The maximum atomic E-state index is 11.5. The van der Waals surface area contributed by atoms with Crippen LogP contribution in [0.4, 0.5) is 0 Å². The molecular formula is C17H17NO2. The lowest BCUT2D eigenvalue weighted by Gasteiger charge is -2.27. The summed E-state index contributed by atoms with van der Waals surface area (Å²) in [5, 5.41) is 9.41. The average Bonchev–Trinajstić information content (AvgIpc) is 2.46. The van der Waals surface area contributed by atoms with Crippen LogP contribution < -0.4 is 5.73 Å². The minimum absolute atomic E-state index is 0.0637. The predicted octanol–water partition coefficient (Wildman–Crippen LogP) is 2.80. The molecule has 3 N–H and O–H groups in total. The number of carbonyl (C=O) groups is 1. The van der Waals surface area contributed by atoms with E-state index in [1.165, 1.54) is 0 Å². The Hall–Kier alpha value is -2.13. The molecule has 0 amide bonds. The van der Waals surface area contributed by atoms with Crippen LogP contribution in [0.3, 0.4) is 0 Å². The van der Waals surface area contributed by atoms with Gasteiger partial charge in [0, 0.05) is 6.04 Å². The largest absolute Gasteiger partial charge is 0.481 e. The second kappa shape index (κ2) is 5.10. The van der Waals surface area contributed by atoms with Crippen molar-refractivity contribution >= 4 is 5.97 Å². The summed E-state index contributed by atoms with van der Waals surface area (Å²) in [6.07, 6.45) is 1.27. The van der Waals surface area contributed by atoms with E-state index in [9.17, 15) is 9.90 Å². The average molecular weight is 267 g/mol. The smallest absolute Gasteiger partial charge is 0.311 e. The van der Waals surface area contributed by atoms with E-state index in [4.69, 9.17) is 5.73 Å². The van der Waals surface area contributed by atoms with Crippen molar-refractivity contribution in [2.45, 2.75) is 24.8 Å². The SMILES string of the molecule is N[C@H]1Cc2ccc(-c3ccccc3)cc2[C@H](C(=O)O)C1. The van der Waals surface area contributed by atoms with Gasteiger partial charge < -0.3 is 10.8 Å². The number of hydrogen-bond donors (Lipinski definition) is 2. The standard InChI is InChI=1S/C17H17NO2/c18-14-8-13-7-6-12(11-4-2-1-3-5-11)9-15(13)16(10-14)17(19)20/h1-7,9,14,16H,8,10,18H2,(H,19,20)/t14-,16+/m0/s1. The monoisotopic (exact) mass is 267 g/mol. The highest BCUT2D eigenvalue weighted by Gasteiger charge is 2.30. The van der Waals surface area contributed by atoms with Gasteiger partial charge in [-0.1, -0.05) is 48.5 Å². The van der Waals surface area contributed by atoms with E-state index in [-0.39, 0.29) is 6.04 Å². The molecule has 2 aromatic rings. The van der Waals surface area contributed by atoms with Gasteiger partial charge in [-0.25, -0.2) is 0 Å². The zero-order valence-corrected chi connectivity index (χ0v) is 11.1. The molecule has 0 bridgehead atoms. The van der Waals surface area contributed by atoms with Crippen molar-refractivity contribution in [1.29, 1.82) is 0 Å². The number of carboxylic acid groups (broad SMARTS) is 1. The fourth-order valence-corrected chi connectivity index (χ4v) is 2.94. The van der Waals surface area contributed by atoms with Gasteiger partial charge in [-0.15, -0.1) is 0 Å². The summed E-state index contributed by atoms with van der Waals surface area (Å²) in [5.41, 5.74) is 10.1. The van der Waals surface area contributed by atoms with Gasteiger partial charge in [-0.2, -0.15) is 0 Å². The molecule has 0 radical (unpaired) electrons. The van der Waals surface area contributed by atoms with Crippen molar-refractivity contribution in [2.24, 2.45) is 5.73 Å². The molecule has 3 nitrogen and oxygen atoms in total. The number of carboxylic acids is 1. The molecule has 3 rings (SSSR count). The molecule has 0 spiro atoms. The Morgan fingerprint density at radius 3 is 2.55 bits per heavy atom. The van der Waals surface area contributed by atoms with Gasteiger partial charge in [0.05, 0.1) is 5.92 Å². The van der Waals surface area contributed by atoms with E-state index in [0.29, 0.717) is 6.42 Å². The van der Waals surface area contributed by atoms with Crippen LogP contribution in [0.1, 0.15) is 23.5 Å². The van der Waals surface area contributed by atoms with E-state index < -0.39 is 11.9 Å². The first-order valence-corrected chi connectivity index (χ1v) is 6.82. The van der Waals surface area contributed by atoms with Gasteiger partial charge in [-0.05, 0) is 35.1 Å². The minimum atomic E-state index is -0.786. The first kappa shape index (κ1) is 12.9. The number of nitrogens with two attached hydrogens (primary N) is 1. The van der Waals surface area contributed by atoms with Crippen LogP contribution in [0.2, 0.25) is 0 Å². The summed E-state index contributed by atoms with van der Waals surface area (Å²) < 4.78 is 0. The van der Waals surface area contributed by atoms with E-state index >= 15 is 0 Å². The van der Waals surface area contributed by atoms with Crippen molar-refractivity contribution < 1.29 is 9.90 Å². The van der Waals surface area contributed by atoms with Crippen LogP contribution in [-0.2, 0) is 11.2 Å². The number of hydrogen-bond acceptors (Lipinski definition) is 2. The molecule has 0 heterocycles. The Balaban J connectivity index is 2.07. The van der Waals surface area contributed by atoms with Crippen molar-refractivity contribution in [2.75, 3.05) is 0 Å². The first-order chi connectivity index (χ1) is 9.65. The lowest BCUT2D eigenvalue weighted by Crippen LogP contribution is -2.33. The molecule has 0 unspecified atom stereocenters. The third kappa shape index (κ3) is 2.32. The van der Waals surface area contributed by atoms with Crippen molar-refractivity contribution in [3.8, 4) is 11.1 Å². The number of benzene rings is 2. The number of fused-ring (bicyclic) bond motifs is 1. The summed E-state index contributed by atoms with van der Waals surface area (Å²) in [4.78, 5) is 11.5. The molecule has 0 saturated heterocycles. The molecule has 0 aromatic heterocycles. The van der Waals surface area contributed by atoms with Crippen molar-refractivity contribution in [3.05, 3.63) is 59.7 Å². The topological polar surface area (TPSA) is 63.3 Å². The second-order valence-electron chi connectivity index (χ2n) is 5.37. The maximum Gasteiger partial charge on any atom is 0.311 e. The van der Waals surface area contributed by atoms with Crippen LogP contribution in [0.15, 0.2) is 48.5 Å². The van der Waals surface area contributed by atoms with Crippen LogP contribution in [-0.4, -0.2) is 17.1 Å². The van der Waals surface area contributed by atoms with Crippen LogP contribution in [0.25, 0.3) is 11.1 Å². The van der Waals surface area contributed by atoms with E-state index in [0.717, 1.165) is 28.7 Å². The molecule has 2 atom stereocenters. The molecule has 20 heavy (non-hydrogen) atoms. The Kier molecular flexibility index (Phi) is 3.28. The van der Waals surface area contributed by atoms with Gasteiger partial charge in [0.2, 0.25) is 0 Å². The summed E-state index contributed by atoms with van der Waals surface area (Å²) in [5.74, 6) is -1.27. The van der Waals surface area contributed by atoms with Gasteiger partial charge in [0.1, 0.15) is 0 Å². The maximum absolute atomic E-state index is 11.5. The Morgan fingerprint density at radius 2 is 1.85 bits per heavy atom. The molecule has 3 heteroatoms. The van der Waals surface area contributed by atoms with Crippen molar-refractivity contribution in [1.82, 2.24) is 0 Å². The quantitative estimate of drug-likeness (QED) is 0.879. The highest BCUT2D eigenvalue weighted by atomic mass is 16.4. The predicted molar refractivity (Wildman–Crippen MR) is 78.6 cm³/mol. The zero-order chi connectivity index (χ0) is 14.1.